The molecule has 0 bridgehead atoms. The highest BCUT2D eigenvalue weighted by molar-refractivity contribution is 6.09. The highest BCUT2D eigenvalue weighted by Crippen LogP contribution is 2.31. The van der Waals surface area contributed by atoms with Gasteiger partial charge in [0.15, 0.2) is 5.78 Å². The number of fused-ring (bicyclic) bond motifs is 1. The zero-order valence-electron chi connectivity index (χ0n) is 18.0. The molecule has 0 atom stereocenters. The van der Waals surface area contributed by atoms with E-state index in [0.29, 0.717) is 29.9 Å². The Morgan fingerprint density at radius 3 is 2.42 bits per heavy atom. The number of nitro groups is 1. The summed E-state index contributed by atoms with van der Waals surface area (Å²) >= 11 is 0. The third kappa shape index (κ3) is 4.33. The number of ketones is 1. The largest absolute Gasteiger partial charge is 0.363 e. The minimum atomic E-state index is -0.403. The number of anilines is 1. The van der Waals surface area contributed by atoms with Crippen LogP contribution in [0.1, 0.15) is 21.6 Å². The number of rotatable bonds is 6. The van der Waals surface area contributed by atoms with Gasteiger partial charge in [-0.3, -0.25) is 19.8 Å². The number of piperazine rings is 1. The molecule has 3 heterocycles. The lowest BCUT2D eigenvalue weighted by Gasteiger charge is -2.35. The van der Waals surface area contributed by atoms with Crippen LogP contribution in [-0.4, -0.2) is 51.2 Å². The Morgan fingerprint density at radius 1 is 0.939 bits per heavy atom. The third-order valence-electron chi connectivity index (χ3n) is 5.98. The average Bonchev–Trinajstić information content (AvgIpc) is 3.26. The summed E-state index contributed by atoms with van der Waals surface area (Å²) in [5.74, 6) is -0.220. The molecule has 1 aliphatic heterocycles. The first-order valence-corrected chi connectivity index (χ1v) is 10.9. The number of nitro benzene ring substituents is 1. The Labute approximate surface area is 190 Å². The van der Waals surface area contributed by atoms with Gasteiger partial charge in [0.2, 0.25) is 0 Å². The molecule has 8 heteroatoms. The van der Waals surface area contributed by atoms with Gasteiger partial charge in [-0.05, 0) is 24.3 Å². The standard InChI is InChI=1S/C25H23N5O3/c31-25(19-6-2-1-3-7-19)20-9-10-22(23(16-20)30(32)33)28-14-12-27(13-15-28)17-21-18-29-11-5-4-8-24(29)26-21/h1-11,16,18H,12-15,17H2. The van der Waals surface area contributed by atoms with Crippen molar-refractivity contribution in [3.63, 3.8) is 0 Å². The number of carbonyl (C=O) groups excluding carboxylic acids is 1. The number of benzene rings is 2. The van der Waals surface area contributed by atoms with Crippen LogP contribution in [0.2, 0.25) is 0 Å². The molecule has 0 saturated carbocycles. The van der Waals surface area contributed by atoms with E-state index in [-0.39, 0.29) is 11.5 Å². The van der Waals surface area contributed by atoms with Crippen molar-refractivity contribution < 1.29 is 9.72 Å². The molecule has 1 aliphatic rings. The molecular formula is C25H23N5O3. The molecule has 0 aliphatic carbocycles. The van der Waals surface area contributed by atoms with Crippen molar-refractivity contribution in [3.8, 4) is 0 Å². The van der Waals surface area contributed by atoms with Gasteiger partial charge in [0.25, 0.3) is 5.69 Å². The maximum absolute atomic E-state index is 12.7. The van der Waals surface area contributed by atoms with Crippen LogP contribution in [-0.2, 0) is 6.54 Å². The van der Waals surface area contributed by atoms with E-state index < -0.39 is 4.92 Å². The average molecular weight is 441 g/mol. The molecule has 1 saturated heterocycles. The molecule has 0 spiro atoms. The topological polar surface area (TPSA) is 84.0 Å². The fraction of sp³-hybridized carbons (Fsp3) is 0.200. The second-order valence-electron chi connectivity index (χ2n) is 8.12. The Balaban J connectivity index is 1.29. The molecule has 0 amide bonds. The highest BCUT2D eigenvalue weighted by Gasteiger charge is 2.25. The van der Waals surface area contributed by atoms with Gasteiger partial charge in [-0.2, -0.15) is 0 Å². The van der Waals surface area contributed by atoms with Gasteiger partial charge in [0.05, 0.1) is 10.6 Å². The van der Waals surface area contributed by atoms with Gasteiger partial charge in [0, 0.05) is 62.3 Å². The molecule has 0 radical (unpaired) electrons. The van der Waals surface area contributed by atoms with Crippen LogP contribution in [0.15, 0.2) is 79.1 Å². The second kappa shape index (κ2) is 8.84. The minimum absolute atomic E-state index is 0.0365. The van der Waals surface area contributed by atoms with Gasteiger partial charge >= 0.3 is 0 Å². The van der Waals surface area contributed by atoms with E-state index in [4.69, 9.17) is 0 Å². The van der Waals surface area contributed by atoms with Gasteiger partial charge in [-0.15, -0.1) is 0 Å². The van der Waals surface area contributed by atoms with Gasteiger partial charge in [0.1, 0.15) is 11.3 Å². The molecule has 5 rings (SSSR count). The zero-order chi connectivity index (χ0) is 22.8. The molecule has 2 aromatic carbocycles. The van der Waals surface area contributed by atoms with Crippen LogP contribution < -0.4 is 4.90 Å². The van der Waals surface area contributed by atoms with Crippen molar-refractivity contribution in [2.75, 3.05) is 31.1 Å². The molecule has 8 nitrogen and oxygen atoms in total. The van der Waals surface area contributed by atoms with E-state index in [1.165, 1.54) is 6.07 Å². The number of nitrogens with zero attached hydrogens (tertiary/aromatic N) is 5. The van der Waals surface area contributed by atoms with Crippen molar-refractivity contribution in [1.82, 2.24) is 14.3 Å². The number of aromatic nitrogens is 2. The number of pyridine rings is 1. The highest BCUT2D eigenvalue weighted by atomic mass is 16.6. The minimum Gasteiger partial charge on any atom is -0.363 e. The predicted molar refractivity (Wildman–Crippen MR) is 126 cm³/mol. The predicted octanol–water partition coefficient (Wildman–Crippen LogP) is 3.80. The first-order valence-electron chi connectivity index (χ1n) is 10.9. The normalized spacial score (nSPS) is 14.5. The van der Waals surface area contributed by atoms with E-state index in [0.717, 1.165) is 31.0 Å². The maximum atomic E-state index is 12.7. The Bertz CT molecular complexity index is 1280. The number of carbonyl (C=O) groups is 1. The van der Waals surface area contributed by atoms with Gasteiger partial charge < -0.3 is 9.30 Å². The van der Waals surface area contributed by atoms with Crippen molar-refractivity contribution >= 4 is 22.8 Å². The summed E-state index contributed by atoms with van der Waals surface area (Å²) in [5, 5.41) is 11.8. The summed E-state index contributed by atoms with van der Waals surface area (Å²) in [4.78, 5) is 33.1. The molecule has 166 valence electrons. The van der Waals surface area contributed by atoms with Crippen molar-refractivity contribution in [1.29, 1.82) is 0 Å². The van der Waals surface area contributed by atoms with Crippen LogP contribution in [0.3, 0.4) is 0 Å². The quantitative estimate of drug-likeness (QED) is 0.257. The summed E-state index contributed by atoms with van der Waals surface area (Å²) in [6.45, 7) is 3.62. The monoisotopic (exact) mass is 441 g/mol. The van der Waals surface area contributed by atoms with E-state index in [2.05, 4.69) is 9.88 Å². The van der Waals surface area contributed by atoms with Crippen LogP contribution in [0.4, 0.5) is 11.4 Å². The number of hydrogen-bond donors (Lipinski definition) is 0. The van der Waals surface area contributed by atoms with E-state index in [1.54, 1.807) is 36.4 Å². The van der Waals surface area contributed by atoms with Gasteiger partial charge in [-0.25, -0.2) is 4.98 Å². The Hall–Kier alpha value is -4.04. The van der Waals surface area contributed by atoms with Crippen molar-refractivity contribution in [3.05, 3.63) is 106 Å². The van der Waals surface area contributed by atoms with Gasteiger partial charge in [-0.1, -0.05) is 36.4 Å². The molecule has 1 fully saturated rings. The lowest BCUT2D eigenvalue weighted by molar-refractivity contribution is -0.384. The second-order valence-corrected chi connectivity index (χ2v) is 8.12. The van der Waals surface area contributed by atoms with E-state index >= 15 is 0 Å². The summed E-state index contributed by atoms with van der Waals surface area (Å²) < 4.78 is 2.01. The Morgan fingerprint density at radius 2 is 1.70 bits per heavy atom. The molecule has 0 N–H and O–H groups in total. The fourth-order valence-electron chi connectivity index (χ4n) is 4.27. The van der Waals surface area contributed by atoms with Crippen LogP contribution in [0.5, 0.6) is 0 Å². The summed E-state index contributed by atoms with van der Waals surface area (Å²) in [5.41, 5.74) is 3.28. The lowest BCUT2D eigenvalue weighted by atomic mass is 10.0. The smallest absolute Gasteiger partial charge is 0.293 e. The summed E-state index contributed by atoms with van der Waals surface area (Å²) in [6, 6.07) is 19.5. The first-order chi connectivity index (χ1) is 16.1. The molecule has 4 aromatic rings. The third-order valence-corrected chi connectivity index (χ3v) is 5.98. The summed E-state index contributed by atoms with van der Waals surface area (Å²) in [6.07, 6.45) is 4.02. The lowest BCUT2D eigenvalue weighted by Crippen LogP contribution is -2.46. The van der Waals surface area contributed by atoms with Crippen LogP contribution in [0.25, 0.3) is 5.65 Å². The number of imidazole rings is 1. The maximum Gasteiger partial charge on any atom is 0.293 e. The van der Waals surface area contributed by atoms with Crippen molar-refractivity contribution in [2.45, 2.75) is 6.54 Å². The number of hydrogen-bond acceptors (Lipinski definition) is 6. The van der Waals surface area contributed by atoms with E-state index in [1.807, 2.05) is 46.0 Å². The summed E-state index contributed by atoms with van der Waals surface area (Å²) in [7, 11) is 0. The SMILES string of the molecule is O=C(c1ccccc1)c1ccc(N2CCN(Cc3cn4ccccc4n3)CC2)c([N+](=O)[O-])c1. The van der Waals surface area contributed by atoms with Crippen LogP contribution in [0, 0.1) is 10.1 Å². The zero-order valence-corrected chi connectivity index (χ0v) is 18.0. The molecule has 33 heavy (non-hydrogen) atoms. The van der Waals surface area contributed by atoms with E-state index in [9.17, 15) is 14.9 Å². The Kier molecular flexibility index (Phi) is 5.58. The first kappa shape index (κ1) is 20.8. The molecule has 0 unspecified atom stereocenters. The van der Waals surface area contributed by atoms with Crippen molar-refractivity contribution in [2.24, 2.45) is 0 Å². The fourth-order valence-corrected chi connectivity index (χ4v) is 4.27. The molecular weight excluding hydrogens is 418 g/mol. The van der Waals surface area contributed by atoms with Crippen LogP contribution >= 0.6 is 0 Å². The molecule has 2 aromatic heterocycles.